The van der Waals surface area contributed by atoms with Crippen molar-refractivity contribution in [2.45, 2.75) is 52.0 Å². The fourth-order valence-corrected chi connectivity index (χ4v) is 3.00. The van der Waals surface area contributed by atoms with Gasteiger partial charge in [0.2, 0.25) is 5.91 Å². The summed E-state index contributed by atoms with van der Waals surface area (Å²) in [5.41, 5.74) is 0. The fourth-order valence-electron chi connectivity index (χ4n) is 1.61. The second-order valence-corrected chi connectivity index (χ2v) is 6.08. The highest BCUT2D eigenvalue weighted by Crippen LogP contribution is 2.19. The number of unbranched alkanes of at least 4 members (excludes halogenated alkanes) is 4. The van der Waals surface area contributed by atoms with Gasteiger partial charge in [0.15, 0.2) is 0 Å². The van der Waals surface area contributed by atoms with Crippen LogP contribution in [-0.2, 0) is 11.3 Å². The molecule has 1 rings (SSSR count). The Kier molecular flexibility index (Phi) is 7.53. The van der Waals surface area contributed by atoms with Crippen LogP contribution in [0.5, 0.6) is 0 Å². The van der Waals surface area contributed by atoms with Crippen molar-refractivity contribution in [2.24, 2.45) is 0 Å². The summed E-state index contributed by atoms with van der Waals surface area (Å²) in [5, 5.41) is 4.99. The van der Waals surface area contributed by atoms with Gasteiger partial charge in [-0.3, -0.25) is 4.79 Å². The van der Waals surface area contributed by atoms with E-state index in [0.29, 0.717) is 13.0 Å². The summed E-state index contributed by atoms with van der Waals surface area (Å²) in [6.45, 7) is 2.86. The van der Waals surface area contributed by atoms with Gasteiger partial charge in [-0.25, -0.2) is 0 Å². The third kappa shape index (κ3) is 6.84. The number of rotatable bonds is 8. The number of thiophene rings is 1. The lowest BCUT2D eigenvalue weighted by atomic mass is 10.1. The number of amides is 1. The summed E-state index contributed by atoms with van der Waals surface area (Å²) in [4.78, 5) is 12.7. The van der Waals surface area contributed by atoms with Crippen LogP contribution in [0.25, 0.3) is 0 Å². The standard InChI is InChI=1S/C13H20BrNOS/c1-2-3-4-5-6-7-13(16)15-9-12-8-11(14)10-17-12/h8,10H,2-7,9H2,1H3,(H,15,16). The normalized spacial score (nSPS) is 10.5. The van der Waals surface area contributed by atoms with Crippen LogP contribution in [0.4, 0.5) is 0 Å². The fraction of sp³-hybridized carbons (Fsp3) is 0.615. The molecule has 2 nitrogen and oxygen atoms in total. The van der Waals surface area contributed by atoms with Crippen LogP contribution in [0.1, 0.15) is 50.3 Å². The van der Waals surface area contributed by atoms with Crippen molar-refractivity contribution in [3.8, 4) is 0 Å². The van der Waals surface area contributed by atoms with Crippen LogP contribution in [-0.4, -0.2) is 5.91 Å². The molecule has 0 radical (unpaired) electrons. The van der Waals surface area contributed by atoms with Gasteiger partial charge in [0.1, 0.15) is 0 Å². The Morgan fingerprint density at radius 1 is 1.35 bits per heavy atom. The van der Waals surface area contributed by atoms with E-state index in [4.69, 9.17) is 0 Å². The highest BCUT2D eigenvalue weighted by atomic mass is 79.9. The Morgan fingerprint density at radius 2 is 2.12 bits per heavy atom. The molecule has 0 fully saturated rings. The Bertz CT molecular complexity index is 338. The Labute approximate surface area is 116 Å². The third-order valence-corrected chi connectivity index (χ3v) is 4.29. The maximum atomic E-state index is 11.5. The van der Waals surface area contributed by atoms with Crippen molar-refractivity contribution in [1.82, 2.24) is 5.32 Å². The maximum Gasteiger partial charge on any atom is 0.220 e. The van der Waals surface area contributed by atoms with E-state index in [1.54, 1.807) is 11.3 Å². The molecule has 0 aliphatic heterocycles. The van der Waals surface area contributed by atoms with Gasteiger partial charge in [-0.15, -0.1) is 11.3 Å². The Hall–Kier alpha value is -0.350. The van der Waals surface area contributed by atoms with E-state index in [-0.39, 0.29) is 5.91 Å². The van der Waals surface area contributed by atoms with Gasteiger partial charge < -0.3 is 5.32 Å². The molecule has 1 aromatic heterocycles. The molecule has 0 aliphatic rings. The quantitative estimate of drug-likeness (QED) is 0.703. The van der Waals surface area contributed by atoms with Crippen molar-refractivity contribution in [1.29, 1.82) is 0 Å². The molecule has 0 unspecified atom stereocenters. The SMILES string of the molecule is CCCCCCCC(=O)NCc1cc(Br)cs1. The van der Waals surface area contributed by atoms with E-state index < -0.39 is 0 Å². The minimum atomic E-state index is 0.172. The molecule has 1 aromatic rings. The van der Waals surface area contributed by atoms with Crippen LogP contribution < -0.4 is 5.32 Å². The largest absolute Gasteiger partial charge is 0.351 e. The van der Waals surface area contributed by atoms with E-state index in [9.17, 15) is 4.79 Å². The monoisotopic (exact) mass is 317 g/mol. The maximum absolute atomic E-state index is 11.5. The first kappa shape index (κ1) is 14.7. The zero-order chi connectivity index (χ0) is 12.5. The average molecular weight is 318 g/mol. The third-order valence-electron chi connectivity index (χ3n) is 2.59. The van der Waals surface area contributed by atoms with E-state index in [0.717, 1.165) is 10.9 Å². The molecule has 0 spiro atoms. The number of hydrogen-bond acceptors (Lipinski definition) is 2. The van der Waals surface area contributed by atoms with Gasteiger partial charge in [-0.05, 0) is 28.4 Å². The van der Waals surface area contributed by atoms with Crippen molar-refractivity contribution >= 4 is 33.2 Å². The van der Waals surface area contributed by atoms with Gasteiger partial charge >= 0.3 is 0 Å². The molecule has 17 heavy (non-hydrogen) atoms. The Balaban J connectivity index is 2.05. The predicted octanol–water partition coefficient (Wildman–Crippen LogP) is 4.49. The molecule has 0 aliphatic carbocycles. The molecule has 0 aromatic carbocycles. The summed E-state index contributed by atoms with van der Waals surface area (Å²) in [7, 11) is 0. The van der Waals surface area contributed by atoms with Crippen LogP contribution in [0.2, 0.25) is 0 Å². The summed E-state index contributed by atoms with van der Waals surface area (Å²) in [6, 6.07) is 2.05. The van der Waals surface area contributed by atoms with Gasteiger partial charge in [-0.1, -0.05) is 32.6 Å². The zero-order valence-electron chi connectivity index (χ0n) is 10.3. The van der Waals surface area contributed by atoms with Crippen LogP contribution in [0.3, 0.4) is 0 Å². The average Bonchev–Trinajstić information content (AvgIpc) is 2.72. The Morgan fingerprint density at radius 3 is 2.76 bits per heavy atom. The summed E-state index contributed by atoms with van der Waals surface area (Å²) >= 11 is 5.07. The first-order chi connectivity index (χ1) is 8.22. The van der Waals surface area contributed by atoms with Gasteiger partial charge in [-0.2, -0.15) is 0 Å². The van der Waals surface area contributed by atoms with Crippen LogP contribution in [0, 0.1) is 0 Å². The molecule has 4 heteroatoms. The lowest BCUT2D eigenvalue weighted by molar-refractivity contribution is -0.121. The topological polar surface area (TPSA) is 29.1 Å². The molecule has 0 saturated heterocycles. The van der Waals surface area contributed by atoms with Crippen LogP contribution >= 0.6 is 27.3 Å². The summed E-state index contributed by atoms with van der Waals surface area (Å²) < 4.78 is 1.09. The van der Waals surface area contributed by atoms with Crippen molar-refractivity contribution in [2.75, 3.05) is 0 Å². The van der Waals surface area contributed by atoms with Gasteiger partial charge in [0, 0.05) is 21.2 Å². The number of halogens is 1. The first-order valence-electron chi connectivity index (χ1n) is 6.22. The van der Waals surface area contributed by atoms with Crippen LogP contribution in [0.15, 0.2) is 15.9 Å². The minimum Gasteiger partial charge on any atom is -0.351 e. The van der Waals surface area contributed by atoms with Gasteiger partial charge in [0.05, 0.1) is 6.54 Å². The molecule has 1 amide bonds. The molecule has 1 heterocycles. The van der Waals surface area contributed by atoms with E-state index in [2.05, 4.69) is 28.2 Å². The number of hydrogen-bond donors (Lipinski definition) is 1. The highest BCUT2D eigenvalue weighted by molar-refractivity contribution is 9.10. The second kappa shape index (κ2) is 8.70. The molecular formula is C13H20BrNOS. The van der Waals surface area contributed by atoms with E-state index in [1.807, 2.05) is 11.4 Å². The molecule has 0 bridgehead atoms. The second-order valence-electron chi connectivity index (χ2n) is 4.17. The van der Waals surface area contributed by atoms with Gasteiger partial charge in [0.25, 0.3) is 0 Å². The zero-order valence-corrected chi connectivity index (χ0v) is 12.7. The molecule has 96 valence electrons. The molecule has 0 saturated carbocycles. The molecule has 0 atom stereocenters. The van der Waals surface area contributed by atoms with E-state index in [1.165, 1.54) is 30.6 Å². The van der Waals surface area contributed by atoms with Crippen molar-refractivity contribution in [3.05, 3.63) is 20.8 Å². The highest BCUT2D eigenvalue weighted by Gasteiger charge is 2.02. The molecule has 1 N–H and O–H groups in total. The van der Waals surface area contributed by atoms with Crippen molar-refractivity contribution in [3.63, 3.8) is 0 Å². The molecular weight excluding hydrogens is 298 g/mol. The predicted molar refractivity (Wildman–Crippen MR) is 77.2 cm³/mol. The summed E-state index contributed by atoms with van der Waals surface area (Å²) in [6.07, 6.45) is 6.63. The minimum absolute atomic E-state index is 0.172. The van der Waals surface area contributed by atoms with E-state index >= 15 is 0 Å². The number of carbonyl (C=O) groups is 1. The smallest absolute Gasteiger partial charge is 0.220 e. The lowest BCUT2D eigenvalue weighted by Crippen LogP contribution is -2.21. The number of nitrogens with one attached hydrogen (secondary N) is 1. The summed E-state index contributed by atoms with van der Waals surface area (Å²) in [5.74, 6) is 0.172. The van der Waals surface area contributed by atoms with Crippen molar-refractivity contribution < 1.29 is 4.79 Å². The number of carbonyl (C=O) groups excluding carboxylic acids is 1. The lowest BCUT2D eigenvalue weighted by Gasteiger charge is -2.03. The first-order valence-corrected chi connectivity index (χ1v) is 7.89.